The summed E-state index contributed by atoms with van der Waals surface area (Å²) in [5, 5.41) is 6.25. The number of para-hydroxylation sites is 1. The van der Waals surface area contributed by atoms with E-state index in [-0.39, 0.29) is 17.7 Å². The van der Waals surface area contributed by atoms with Crippen LogP contribution in [0.15, 0.2) is 18.2 Å². The van der Waals surface area contributed by atoms with E-state index in [9.17, 15) is 9.59 Å². The molecule has 25 heavy (non-hydrogen) atoms. The molecule has 4 bridgehead atoms. The van der Waals surface area contributed by atoms with Gasteiger partial charge < -0.3 is 10.6 Å². The summed E-state index contributed by atoms with van der Waals surface area (Å²) >= 11 is 0. The van der Waals surface area contributed by atoms with Gasteiger partial charge in [0.25, 0.3) is 5.91 Å². The SMILES string of the molecule is CCc1cccc(C)c1NC(=O)C1(NC=O)C2CC3CC(C2)CC1C3. The summed E-state index contributed by atoms with van der Waals surface area (Å²) in [7, 11) is 0. The zero-order valence-electron chi connectivity index (χ0n) is 15.2. The van der Waals surface area contributed by atoms with Gasteiger partial charge in [-0.3, -0.25) is 9.59 Å². The summed E-state index contributed by atoms with van der Waals surface area (Å²) in [5.74, 6) is 2.06. The number of anilines is 1. The van der Waals surface area contributed by atoms with Crippen LogP contribution >= 0.6 is 0 Å². The molecule has 0 heterocycles. The van der Waals surface area contributed by atoms with E-state index in [1.54, 1.807) is 0 Å². The van der Waals surface area contributed by atoms with E-state index in [0.717, 1.165) is 67.2 Å². The highest BCUT2D eigenvalue weighted by Gasteiger charge is 2.61. The Bertz CT molecular complexity index is 669. The molecular weight excluding hydrogens is 312 g/mol. The van der Waals surface area contributed by atoms with Gasteiger partial charge in [-0.15, -0.1) is 0 Å². The van der Waals surface area contributed by atoms with E-state index in [1.165, 1.54) is 6.42 Å². The van der Waals surface area contributed by atoms with Gasteiger partial charge in [-0.2, -0.15) is 0 Å². The third-order valence-corrected chi connectivity index (χ3v) is 7.08. The van der Waals surface area contributed by atoms with Crippen molar-refractivity contribution in [3.05, 3.63) is 29.3 Å². The molecule has 4 fully saturated rings. The fraction of sp³-hybridized carbons (Fsp3) is 0.619. The van der Waals surface area contributed by atoms with E-state index in [1.807, 2.05) is 19.1 Å². The van der Waals surface area contributed by atoms with E-state index >= 15 is 0 Å². The number of hydrogen-bond donors (Lipinski definition) is 2. The first kappa shape index (κ1) is 16.6. The molecule has 0 saturated heterocycles. The summed E-state index contributed by atoms with van der Waals surface area (Å²) < 4.78 is 0. The first-order valence-corrected chi connectivity index (χ1v) is 9.69. The van der Waals surface area contributed by atoms with Crippen molar-refractivity contribution in [3.63, 3.8) is 0 Å². The van der Waals surface area contributed by atoms with Crippen molar-refractivity contribution in [2.45, 2.75) is 57.9 Å². The lowest BCUT2D eigenvalue weighted by Crippen LogP contribution is -2.70. The van der Waals surface area contributed by atoms with Crippen molar-refractivity contribution in [1.82, 2.24) is 5.32 Å². The first-order valence-electron chi connectivity index (χ1n) is 9.69. The minimum Gasteiger partial charge on any atom is -0.344 e. The molecule has 1 aromatic rings. The number of carbonyl (C=O) groups excluding carboxylic acids is 2. The van der Waals surface area contributed by atoms with E-state index in [2.05, 4.69) is 23.6 Å². The molecular formula is C21H28N2O2. The Hall–Kier alpha value is -1.84. The van der Waals surface area contributed by atoms with Gasteiger partial charge in [-0.05, 0) is 80.2 Å². The molecule has 0 aromatic heterocycles. The first-order chi connectivity index (χ1) is 12.1. The summed E-state index contributed by atoms with van der Waals surface area (Å²) in [4.78, 5) is 25.0. The Balaban J connectivity index is 1.68. The fourth-order valence-corrected chi connectivity index (χ4v) is 6.12. The van der Waals surface area contributed by atoms with Gasteiger partial charge in [-0.1, -0.05) is 25.1 Å². The molecule has 0 atom stereocenters. The molecule has 4 aliphatic carbocycles. The van der Waals surface area contributed by atoms with Gasteiger partial charge in [0.1, 0.15) is 5.54 Å². The normalized spacial score (nSPS) is 35.4. The van der Waals surface area contributed by atoms with Crippen LogP contribution in [0, 0.1) is 30.6 Å². The highest BCUT2D eigenvalue weighted by Crippen LogP contribution is 2.58. The van der Waals surface area contributed by atoms with Crippen molar-refractivity contribution in [3.8, 4) is 0 Å². The van der Waals surface area contributed by atoms with Gasteiger partial charge in [-0.25, -0.2) is 0 Å². The number of aryl methyl sites for hydroxylation is 2. The second-order valence-electron chi connectivity index (χ2n) is 8.35. The third-order valence-electron chi connectivity index (χ3n) is 7.08. The lowest BCUT2D eigenvalue weighted by atomic mass is 9.48. The predicted molar refractivity (Wildman–Crippen MR) is 98.2 cm³/mol. The second-order valence-corrected chi connectivity index (χ2v) is 8.35. The molecule has 4 heteroatoms. The second kappa shape index (κ2) is 6.15. The van der Waals surface area contributed by atoms with Crippen LogP contribution in [0.25, 0.3) is 0 Å². The van der Waals surface area contributed by atoms with Crippen molar-refractivity contribution in [1.29, 1.82) is 0 Å². The molecule has 134 valence electrons. The predicted octanol–water partition coefficient (Wildman–Crippen LogP) is 3.44. The summed E-state index contributed by atoms with van der Waals surface area (Å²) in [6.45, 7) is 4.14. The molecule has 2 N–H and O–H groups in total. The standard InChI is InChI=1S/C21H28N2O2/c1-3-16-6-4-5-13(2)19(16)23-20(25)21(22-12-24)17-8-14-7-15(10-17)11-18(21)9-14/h4-6,12,14-15,17-18H,3,7-11H2,1-2H3,(H,22,24)(H,23,25). The number of hydrogen-bond acceptors (Lipinski definition) is 2. The minimum atomic E-state index is -0.720. The van der Waals surface area contributed by atoms with Crippen LogP contribution in [-0.4, -0.2) is 17.9 Å². The van der Waals surface area contributed by atoms with Crippen LogP contribution in [0.4, 0.5) is 5.69 Å². The Morgan fingerprint density at radius 3 is 2.36 bits per heavy atom. The Labute approximate surface area is 149 Å². The maximum atomic E-state index is 13.5. The number of carbonyl (C=O) groups is 2. The molecule has 4 nitrogen and oxygen atoms in total. The largest absolute Gasteiger partial charge is 0.344 e. The average molecular weight is 340 g/mol. The smallest absolute Gasteiger partial charge is 0.250 e. The highest BCUT2D eigenvalue weighted by atomic mass is 16.2. The van der Waals surface area contributed by atoms with Gasteiger partial charge in [0.15, 0.2) is 0 Å². The maximum absolute atomic E-state index is 13.5. The summed E-state index contributed by atoms with van der Waals surface area (Å²) in [6.07, 6.45) is 7.27. The van der Waals surface area contributed by atoms with Crippen LogP contribution in [0.1, 0.15) is 50.2 Å². The van der Waals surface area contributed by atoms with Crippen LogP contribution in [-0.2, 0) is 16.0 Å². The van der Waals surface area contributed by atoms with Crippen LogP contribution in [0.3, 0.4) is 0 Å². The fourth-order valence-electron chi connectivity index (χ4n) is 6.12. The number of benzene rings is 1. The number of amides is 2. The van der Waals surface area contributed by atoms with Crippen molar-refractivity contribution >= 4 is 18.0 Å². The summed E-state index contributed by atoms with van der Waals surface area (Å²) in [6, 6.07) is 6.14. The lowest BCUT2D eigenvalue weighted by Gasteiger charge is -2.59. The molecule has 5 rings (SSSR count). The maximum Gasteiger partial charge on any atom is 0.250 e. The van der Waals surface area contributed by atoms with Crippen LogP contribution in [0.2, 0.25) is 0 Å². The molecule has 0 radical (unpaired) electrons. The van der Waals surface area contributed by atoms with Gasteiger partial charge in [0.05, 0.1) is 0 Å². The van der Waals surface area contributed by atoms with E-state index < -0.39 is 5.54 Å². The van der Waals surface area contributed by atoms with Gasteiger partial charge in [0.2, 0.25) is 6.41 Å². The van der Waals surface area contributed by atoms with Crippen molar-refractivity contribution in [2.75, 3.05) is 5.32 Å². The monoisotopic (exact) mass is 340 g/mol. The average Bonchev–Trinajstić information content (AvgIpc) is 2.59. The Morgan fingerprint density at radius 1 is 1.16 bits per heavy atom. The topological polar surface area (TPSA) is 58.2 Å². The summed E-state index contributed by atoms with van der Waals surface area (Å²) in [5.41, 5.74) is 2.44. The zero-order valence-corrected chi connectivity index (χ0v) is 15.2. The number of rotatable bonds is 5. The Morgan fingerprint density at radius 2 is 1.80 bits per heavy atom. The molecule has 4 saturated carbocycles. The zero-order chi connectivity index (χ0) is 17.6. The molecule has 0 spiro atoms. The van der Waals surface area contributed by atoms with Gasteiger partial charge >= 0.3 is 0 Å². The molecule has 2 amide bonds. The van der Waals surface area contributed by atoms with E-state index in [4.69, 9.17) is 0 Å². The molecule has 0 aliphatic heterocycles. The van der Waals surface area contributed by atoms with Crippen molar-refractivity contribution < 1.29 is 9.59 Å². The lowest BCUT2D eigenvalue weighted by molar-refractivity contribution is -0.144. The minimum absolute atomic E-state index is 0.00241. The quantitative estimate of drug-likeness (QED) is 0.807. The van der Waals surface area contributed by atoms with Crippen LogP contribution < -0.4 is 10.6 Å². The highest BCUT2D eigenvalue weighted by molar-refractivity contribution is 6.01. The van der Waals surface area contributed by atoms with Crippen LogP contribution in [0.5, 0.6) is 0 Å². The van der Waals surface area contributed by atoms with E-state index in [0.29, 0.717) is 0 Å². The molecule has 1 aromatic carbocycles. The third kappa shape index (κ3) is 2.49. The van der Waals surface area contributed by atoms with Gasteiger partial charge in [0, 0.05) is 5.69 Å². The number of nitrogens with one attached hydrogen (secondary N) is 2. The molecule has 4 aliphatic rings. The molecule has 0 unspecified atom stereocenters. The Kier molecular flexibility index (Phi) is 4.09. The van der Waals surface area contributed by atoms with Crippen molar-refractivity contribution in [2.24, 2.45) is 23.7 Å².